The molecule has 0 bridgehead atoms. The van der Waals surface area contributed by atoms with E-state index in [0.29, 0.717) is 25.9 Å². The predicted molar refractivity (Wildman–Crippen MR) is 97.7 cm³/mol. The number of para-hydroxylation sites is 1. The van der Waals surface area contributed by atoms with Crippen LogP contribution in [-0.4, -0.2) is 36.2 Å². The van der Waals surface area contributed by atoms with Gasteiger partial charge < -0.3 is 20.1 Å². The molecule has 1 aliphatic heterocycles. The fraction of sp³-hybridized carbons (Fsp3) is 0.350. The van der Waals surface area contributed by atoms with E-state index in [2.05, 4.69) is 5.32 Å². The number of methoxy groups -OCH3 is 1. The monoisotopic (exact) mass is 358 g/mol. The maximum Gasteiger partial charge on any atom is 0.321 e. The molecule has 1 fully saturated rings. The Morgan fingerprint density at radius 2 is 1.85 bits per heavy atom. The van der Waals surface area contributed by atoms with Gasteiger partial charge in [0.25, 0.3) is 0 Å². The number of benzene rings is 2. The number of ether oxygens (including phenoxy) is 1. The van der Waals surface area contributed by atoms with Gasteiger partial charge in [-0.2, -0.15) is 0 Å². The maximum absolute atomic E-state index is 13.7. The summed E-state index contributed by atoms with van der Waals surface area (Å²) in [5.74, 6) is 0.382. The highest BCUT2D eigenvalue weighted by atomic mass is 19.1. The Morgan fingerprint density at radius 1 is 1.19 bits per heavy atom. The molecule has 1 heterocycles. The van der Waals surface area contributed by atoms with Crippen LogP contribution in [0.3, 0.4) is 0 Å². The Balaban J connectivity index is 1.54. The molecule has 1 aliphatic rings. The Labute approximate surface area is 152 Å². The molecule has 6 heteroatoms. The van der Waals surface area contributed by atoms with E-state index in [4.69, 9.17) is 4.74 Å². The third kappa shape index (κ3) is 4.14. The lowest BCUT2D eigenvalue weighted by atomic mass is 9.87. The van der Waals surface area contributed by atoms with Gasteiger partial charge in [0.05, 0.1) is 18.9 Å². The van der Waals surface area contributed by atoms with Crippen molar-refractivity contribution in [2.75, 3.05) is 25.5 Å². The van der Waals surface area contributed by atoms with Crippen LogP contribution in [0.2, 0.25) is 0 Å². The molecule has 1 saturated heterocycles. The molecule has 2 amide bonds. The number of anilines is 1. The standard InChI is InChI=1S/C20H23FN2O3/c1-26-16-8-6-14(7-9-16)19(24)15-10-12-23(13-11-15)20(25)22-18-5-3-2-4-17(18)21/h2-9,15,19,24H,10-13H2,1H3,(H,22,25). The van der Waals surface area contributed by atoms with Gasteiger partial charge in [0.15, 0.2) is 0 Å². The van der Waals surface area contributed by atoms with Crippen molar-refractivity contribution in [2.24, 2.45) is 5.92 Å². The van der Waals surface area contributed by atoms with E-state index in [-0.39, 0.29) is 17.6 Å². The summed E-state index contributed by atoms with van der Waals surface area (Å²) < 4.78 is 18.8. The van der Waals surface area contributed by atoms with Crippen molar-refractivity contribution in [3.8, 4) is 5.75 Å². The van der Waals surface area contributed by atoms with Crippen molar-refractivity contribution in [3.63, 3.8) is 0 Å². The second kappa shape index (κ2) is 8.19. The minimum absolute atomic E-state index is 0.0842. The largest absolute Gasteiger partial charge is 0.497 e. The number of nitrogens with one attached hydrogen (secondary N) is 1. The number of carbonyl (C=O) groups excluding carboxylic acids is 1. The molecule has 0 saturated carbocycles. The summed E-state index contributed by atoms with van der Waals surface area (Å²) >= 11 is 0. The van der Waals surface area contributed by atoms with Crippen molar-refractivity contribution in [2.45, 2.75) is 18.9 Å². The van der Waals surface area contributed by atoms with Crippen LogP contribution in [0.4, 0.5) is 14.9 Å². The lowest BCUT2D eigenvalue weighted by Gasteiger charge is -2.34. The van der Waals surface area contributed by atoms with Crippen LogP contribution < -0.4 is 10.1 Å². The predicted octanol–water partition coefficient (Wildman–Crippen LogP) is 3.81. The molecule has 1 unspecified atom stereocenters. The minimum atomic E-state index is -0.572. The van der Waals surface area contributed by atoms with Crippen LogP contribution in [0.15, 0.2) is 48.5 Å². The molecule has 3 rings (SSSR count). The fourth-order valence-corrected chi connectivity index (χ4v) is 3.25. The average Bonchev–Trinajstić information content (AvgIpc) is 2.69. The maximum atomic E-state index is 13.7. The number of rotatable bonds is 4. The number of piperidine rings is 1. The first-order chi connectivity index (χ1) is 12.6. The summed E-state index contributed by atoms with van der Waals surface area (Å²) in [4.78, 5) is 14.0. The summed E-state index contributed by atoms with van der Waals surface area (Å²) in [7, 11) is 1.60. The minimum Gasteiger partial charge on any atom is -0.497 e. The topological polar surface area (TPSA) is 61.8 Å². The van der Waals surface area contributed by atoms with Crippen LogP contribution in [-0.2, 0) is 0 Å². The molecule has 0 aromatic heterocycles. The van der Waals surface area contributed by atoms with Gasteiger partial charge in [-0.25, -0.2) is 9.18 Å². The Hall–Kier alpha value is -2.60. The zero-order chi connectivity index (χ0) is 18.5. The van der Waals surface area contributed by atoms with E-state index in [1.807, 2.05) is 24.3 Å². The molecule has 2 aromatic carbocycles. The summed E-state index contributed by atoms with van der Waals surface area (Å²) in [6.45, 7) is 1.05. The fourth-order valence-electron chi connectivity index (χ4n) is 3.25. The van der Waals surface area contributed by atoms with E-state index >= 15 is 0 Å². The number of likely N-dealkylation sites (tertiary alicyclic amines) is 1. The molecule has 0 spiro atoms. The zero-order valence-electron chi connectivity index (χ0n) is 14.7. The first-order valence-corrected chi connectivity index (χ1v) is 8.71. The first-order valence-electron chi connectivity index (χ1n) is 8.71. The van der Waals surface area contributed by atoms with Gasteiger partial charge in [-0.05, 0) is 48.6 Å². The van der Waals surface area contributed by atoms with Crippen LogP contribution in [0.25, 0.3) is 0 Å². The summed E-state index contributed by atoms with van der Waals surface area (Å²) in [6.07, 6.45) is 0.813. The molecule has 1 atom stereocenters. The number of amides is 2. The van der Waals surface area contributed by atoms with Crippen molar-refractivity contribution in [3.05, 3.63) is 59.9 Å². The first kappa shape index (κ1) is 18.2. The van der Waals surface area contributed by atoms with Gasteiger partial charge in [-0.3, -0.25) is 0 Å². The Bertz CT molecular complexity index is 743. The van der Waals surface area contributed by atoms with Gasteiger partial charge in [-0.1, -0.05) is 24.3 Å². The molecule has 0 radical (unpaired) electrons. The highest BCUT2D eigenvalue weighted by molar-refractivity contribution is 5.89. The summed E-state index contributed by atoms with van der Waals surface area (Å²) in [6, 6.07) is 13.2. The normalized spacial score (nSPS) is 16.2. The second-order valence-electron chi connectivity index (χ2n) is 6.45. The van der Waals surface area contributed by atoms with E-state index in [1.54, 1.807) is 24.1 Å². The highest BCUT2D eigenvalue weighted by Crippen LogP contribution is 2.31. The number of nitrogens with zero attached hydrogens (tertiary/aromatic N) is 1. The number of hydrogen-bond acceptors (Lipinski definition) is 3. The average molecular weight is 358 g/mol. The number of aliphatic hydroxyl groups is 1. The lowest BCUT2D eigenvalue weighted by molar-refractivity contribution is 0.0683. The molecular weight excluding hydrogens is 335 g/mol. The third-order valence-corrected chi connectivity index (χ3v) is 4.85. The van der Waals surface area contributed by atoms with Crippen molar-refractivity contribution in [1.29, 1.82) is 0 Å². The van der Waals surface area contributed by atoms with E-state index < -0.39 is 11.9 Å². The Morgan fingerprint density at radius 3 is 2.46 bits per heavy atom. The number of halogens is 1. The highest BCUT2D eigenvalue weighted by Gasteiger charge is 2.28. The van der Waals surface area contributed by atoms with Gasteiger partial charge in [0.2, 0.25) is 0 Å². The van der Waals surface area contributed by atoms with E-state index in [0.717, 1.165) is 11.3 Å². The number of urea groups is 1. The molecule has 2 aromatic rings. The van der Waals surface area contributed by atoms with Crippen LogP contribution in [0.5, 0.6) is 5.75 Å². The van der Waals surface area contributed by atoms with E-state index in [1.165, 1.54) is 12.1 Å². The van der Waals surface area contributed by atoms with Crippen LogP contribution in [0, 0.1) is 11.7 Å². The van der Waals surface area contributed by atoms with Crippen LogP contribution >= 0.6 is 0 Å². The van der Waals surface area contributed by atoms with Crippen molar-refractivity contribution in [1.82, 2.24) is 4.90 Å². The molecule has 0 aliphatic carbocycles. The molecule has 5 nitrogen and oxygen atoms in total. The van der Waals surface area contributed by atoms with Gasteiger partial charge in [0.1, 0.15) is 11.6 Å². The van der Waals surface area contributed by atoms with Crippen molar-refractivity contribution < 1.29 is 19.0 Å². The molecule has 26 heavy (non-hydrogen) atoms. The second-order valence-corrected chi connectivity index (χ2v) is 6.45. The summed E-state index contributed by atoms with van der Waals surface area (Å²) in [5.41, 5.74) is 1.03. The number of hydrogen-bond donors (Lipinski definition) is 2. The van der Waals surface area contributed by atoms with Crippen LogP contribution in [0.1, 0.15) is 24.5 Å². The molecule has 138 valence electrons. The summed E-state index contributed by atoms with van der Waals surface area (Å²) in [5, 5.41) is 13.2. The third-order valence-electron chi connectivity index (χ3n) is 4.85. The molecule has 2 N–H and O–H groups in total. The van der Waals surface area contributed by atoms with Crippen molar-refractivity contribution >= 4 is 11.7 Å². The van der Waals surface area contributed by atoms with Gasteiger partial charge in [-0.15, -0.1) is 0 Å². The Kier molecular flexibility index (Phi) is 5.73. The van der Waals surface area contributed by atoms with Gasteiger partial charge in [0, 0.05) is 13.1 Å². The van der Waals surface area contributed by atoms with E-state index in [9.17, 15) is 14.3 Å². The number of aliphatic hydroxyl groups excluding tert-OH is 1. The lowest BCUT2D eigenvalue weighted by Crippen LogP contribution is -2.42. The quantitative estimate of drug-likeness (QED) is 0.874. The van der Waals surface area contributed by atoms with Gasteiger partial charge >= 0.3 is 6.03 Å². The zero-order valence-corrected chi connectivity index (χ0v) is 14.7. The SMILES string of the molecule is COc1ccc(C(O)C2CCN(C(=O)Nc3ccccc3F)CC2)cc1. The molecular formula is C20H23FN2O3. The number of carbonyl (C=O) groups is 1. The smallest absolute Gasteiger partial charge is 0.321 e.